The van der Waals surface area contributed by atoms with Gasteiger partial charge in [0, 0.05) is 11.4 Å². The Bertz CT molecular complexity index is 294. The third-order valence-electron chi connectivity index (χ3n) is 2.91. The summed E-state index contributed by atoms with van der Waals surface area (Å²) in [6.07, 6.45) is 2.53. The lowest BCUT2D eigenvalue weighted by atomic mass is 9.90. The van der Waals surface area contributed by atoms with Crippen LogP contribution in [0.5, 0.6) is 0 Å². The molecule has 0 atom stereocenters. The van der Waals surface area contributed by atoms with Crippen molar-refractivity contribution in [1.29, 1.82) is 0 Å². The second-order valence-corrected chi connectivity index (χ2v) is 4.21. The van der Waals surface area contributed by atoms with Crippen LogP contribution >= 0.6 is 0 Å². The van der Waals surface area contributed by atoms with Crippen LogP contribution in [0.1, 0.15) is 35.7 Å². The van der Waals surface area contributed by atoms with E-state index in [1.807, 2.05) is 0 Å². The molecule has 1 aliphatic heterocycles. The molecule has 1 aromatic heterocycles. The maximum Gasteiger partial charge on any atom is 0.0378 e. The first-order valence-electron chi connectivity index (χ1n) is 5.41. The first-order valence-corrected chi connectivity index (χ1v) is 5.41. The van der Waals surface area contributed by atoms with Gasteiger partial charge < -0.3 is 5.32 Å². The summed E-state index contributed by atoms with van der Waals surface area (Å²) < 4.78 is 0. The van der Waals surface area contributed by atoms with Crippen LogP contribution in [-0.4, -0.2) is 18.1 Å². The third-order valence-corrected chi connectivity index (χ3v) is 2.91. The molecule has 76 valence electrons. The number of aromatic nitrogens is 1. The molecule has 1 saturated heterocycles. The van der Waals surface area contributed by atoms with E-state index in [4.69, 9.17) is 0 Å². The van der Waals surface area contributed by atoms with Gasteiger partial charge in [-0.2, -0.15) is 0 Å². The zero-order chi connectivity index (χ0) is 9.97. The quantitative estimate of drug-likeness (QED) is 0.734. The molecule has 2 heterocycles. The average molecular weight is 190 g/mol. The SMILES string of the molecule is Cc1cc(C2CCNCC2)cc(C)n1. The summed E-state index contributed by atoms with van der Waals surface area (Å²) in [5, 5.41) is 3.40. The topological polar surface area (TPSA) is 24.9 Å². The van der Waals surface area contributed by atoms with Crippen LogP contribution in [0.15, 0.2) is 12.1 Å². The Kier molecular flexibility index (Phi) is 2.82. The summed E-state index contributed by atoms with van der Waals surface area (Å²) in [6, 6.07) is 4.48. The van der Waals surface area contributed by atoms with Gasteiger partial charge in [0.15, 0.2) is 0 Å². The Labute approximate surface area is 85.7 Å². The molecule has 1 N–H and O–H groups in total. The Morgan fingerprint density at radius 2 is 1.71 bits per heavy atom. The van der Waals surface area contributed by atoms with E-state index >= 15 is 0 Å². The van der Waals surface area contributed by atoms with E-state index < -0.39 is 0 Å². The molecule has 0 bridgehead atoms. The van der Waals surface area contributed by atoms with Crippen molar-refractivity contribution >= 4 is 0 Å². The lowest BCUT2D eigenvalue weighted by Crippen LogP contribution is -2.26. The number of hydrogen-bond acceptors (Lipinski definition) is 2. The van der Waals surface area contributed by atoms with Crippen molar-refractivity contribution in [2.24, 2.45) is 0 Å². The van der Waals surface area contributed by atoms with Gasteiger partial charge in [0.25, 0.3) is 0 Å². The minimum Gasteiger partial charge on any atom is -0.317 e. The van der Waals surface area contributed by atoms with E-state index in [1.165, 1.54) is 18.4 Å². The predicted molar refractivity (Wildman–Crippen MR) is 58.6 cm³/mol. The first kappa shape index (κ1) is 9.66. The summed E-state index contributed by atoms with van der Waals surface area (Å²) in [5.41, 5.74) is 3.79. The molecule has 2 heteroatoms. The van der Waals surface area contributed by atoms with Crippen LogP contribution < -0.4 is 5.32 Å². The van der Waals surface area contributed by atoms with Crippen LogP contribution in [-0.2, 0) is 0 Å². The van der Waals surface area contributed by atoms with Crippen LogP contribution in [0.25, 0.3) is 0 Å². The van der Waals surface area contributed by atoms with Gasteiger partial charge in [0.1, 0.15) is 0 Å². The molecule has 0 aromatic carbocycles. The smallest absolute Gasteiger partial charge is 0.0378 e. The van der Waals surface area contributed by atoms with E-state index in [0.717, 1.165) is 30.4 Å². The summed E-state index contributed by atoms with van der Waals surface area (Å²) in [4.78, 5) is 4.41. The minimum absolute atomic E-state index is 0.747. The Balaban J connectivity index is 2.21. The van der Waals surface area contributed by atoms with Gasteiger partial charge >= 0.3 is 0 Å². The lowest BCUT2D eigenvalue weighted by molar-refractivity contribution is 0.460. The monoisotopic (exact) mass is 190 g/mol. The zero-order valence-corrected chi connectivity index (χ0v) is 9.01. The van der Waals surface area contributed by atoms with Gasteiger partial charge in [-0.1, -0.05) is 0 Å². The fraction of sp³-hybridized carbons (Fsp3) is 0.583. The minimum atomic E-state index is 0.747. The molecule has 0 spiro atoms. The molecule has 0 saturated carbocycles. The van der Waals surface area contributed by atoms with Gasteiger partial charge in [-0.15, -0.1) is 0 Å². The van der Waals surface area contributed by atoms with Gasteiger partial charge in [-0.25, -0.2) is 0 Å². The third kappa shape index (κ3) is 2.13. The van der Waals surface area contributed by atoms with Crippen LogP contribution in [0.3, 0.4) is 0 Å². The standard InChI is InChI=1S/C12H18N2/c1-9-7-12(8-10(2)14-9)11-3-5-13-6-4-11/h7-8,11,13H,3-6H2,1-2H3. The highest BCUT2D eigenvalue weighted by Crippen LogP contribution is 2.25. The highest BCUT2D eigenvalue weighted by molar-refractivity contribution is 5.24. The molecule has 0 aliphatic carbocycles. The van der Waals surface area contributed by atoms with Gasteiger partial charge in [0.05, 0.1) is 0 Å². The number of aryl methyl sites for hydroxylation is 2. The zero-order valence-electron chi connectivity index (χ0n) is 9.01. The highest BCUT2D eigenvalue weighted by Gasteiger charge is 2.15. The normalized spacial score (nSPS) is 18.4. The van der Waals surface area contributed by atoms with E-state index in [9.17, 15) is 0 Å². The fourth-order valence-electron chi connectivity index (χ4n) is 2.26. The highest BCUT2D eigenvalue weighted by atomic mass is 14.9. The second kappa shape index (κ2) is 4.09. The molecule has 2 nitrogen and oxygen atoms in total. The van der Waals surface area contributed by atoms with Crippen LogP contribution in [0, 0.1) is 13.8 Å². The number of hydrogen-bond donors (Lipinski definition) is 1. The maximum atomic E-state index is 4.41. The van der Waals surface area contributed by atoms with Crippen molar-refractivity contribution in [2.75, 3.05) is 13.1 Å². The maximum absolute atomic E-state index is 4.41. The molecule has 0 radical (unpaired) electrons. The fourth-order valence-corrected chi connectivity index (χ4v) is 2.26. The molecule has 0 amide bonds. The summed E-state index contributed by atoms with van der Waals surface area (Å²) >= 11 is 0. The summed E-state index contributed by atoms with van der Waals surface area (Å²) in [5.74, 6) is 0.747. The molecule has 0 unspecified atom stereocenters. The van der Waals surface area contributed by atoms with Gasteiger partial charge in [-0.05, 0) is 63.4 Å². The van der Waals surface area contributed by atoms with Crippen LogP contribution in [0.4, 0.5) is 0 Å². The van der Waals surface area contributed by atoms with E-state index in [2.05, 4.69) is 36.3 Å². The Hall–Kier alpha value is -0.890. The van der Waals surface area contributed by atoms with Crippen molar-refractivity contribution in [3.05, 3.63) is 29.1 Å². The van der Waals surface area contributed by atoms with Crippen molar-refractivity contribution in [3.63, 3.8) is 0 Å². The number of pyridine rings is 1. The Morgan fingerprint density at radius 3 is 2.29 bits per heavy atom. The number of rotatable bonds is 1. The lowest BCUT2D eigenvalue weighted by Gasteiger charge is -2.23. The predicted octanol–water partition coefficient (Wildman–Crippen LogP) is 2.17. The number of nitrogens with one attached hydrogen (secondary N) is 1. The van der Waals surface area contributed by atoms with E-state index in [-0.39, 0.29) is 0 Å². The molecule has 1 aliphatic rings. The van der Waals surface area contributed by atoms with E-state index in [1.54, 1.807) is 0 Å². The number of nitrogens with zero attached hydrogens (tertiary/aromatic N) is 1. The molecule has 2 rings (SSSR count). The molecule has 1 fully saturated rings. The molecule has 14 heavy (non-hydrogen) atoms. The number of piperidine rings is 1. The summed E-state index contributed by atoms with van der Waals surface area (Å²) in [6.45, 7) is 6.48. The van der Waals surface area contributed by atoms with Crippen molar-refractivity contribution in [2.45, 2.75) is 32.6 Å². The largest absolute Gasteiger partial charge is 0.317 e. The first-order chi connectivity index (χ1) is 6.75. The second-order valence-electron chi connectivity index (χ2n) is 4.21. The van der Waals surface area contributed by atoms with E-state index in [0.29, 0.717) is 0 Å². The summed E-state index contributed by atoms with van der Waals surface area (Å²) in [7, 11) is 0. The Morgan fingerprint density at radius 1 is 1.14 bits per heavy atom. The molecular formula is C12H18N2. The van der Waals surface area contributed by atoms with Crippen molar-refractivity contribution in [3.8, 4) is 0 Å². The van der Waals surface area contributed by atoms with Crippen molar-refractivity contribution < 1.29 is 0 Å². The molecule has 1 aromatic rings. The van der Waals surface area contributed by atoms with Gasteiger partial charge in [-0.3, -0.25) is 4.98 Å². The van der Waals surface area contributed by atoms with Gasteiger partial charge in [0.2, 0.25) is 0 Å². The van der Waals surface area contributed by atoms with Crippen molar-refractivity contribution in [1.82, 2.24) is 10.3 Å². The molecular weight excluding hydrogens is 172 g/mol. The van der Waals surface area contributed by atoms with Crippen LogP contribution in [0.2, 0.25) is 0 Å². The average Bonchev–Trinajstić information content (AvgIpc) is 2.18.